The quantitative estimate of drug-likeness (QED) is 0.704. The molecule has 2 heteroatoms. The van der Waals surface area contributed by atoms with Crippen molar-refractivity contribution in [3.8, 4) is 0 Å². The second-order valence-corrected chi connectivity index (χ2v) is 6.11. The molecular formula is C19H31NO. The van der Waals surface area contributed by atoms with E-state index < -0.39 is 0 Å². The zero-order valence-electron chi connectivity index (χ0n) is 13.9. The predicted molar refractivity (Wildman–Crippen MR) is 89.8 cm³/mol. The lowest BCUT2D eigenvalue weighted by atomic mass is 9.79. The van der Waals surface area contributed by atoms with Gasteiger partial charge in [0.2, 0.25) is 0 Å². The summed E-state index contributed by atoms with van der Waals surface area (Å²) in [6.45, 7) is 8.25. The van der Waals surface area contributed by atoms with Gasteiger partial charge in [-0.1, -0.05) is 51.0 Å². The number of ether oxygens (including phenoxy) is 1. The van der Waals surface area contributed by atoms with Crippen molar-refractivity contribution in [1.82, 2.24) is 5.32 Å². The van der Waals surface area contributed by atoms with Gasteiger partial charge < -0.3 is 10.1 Å². The third-order valence-electron chi connectivity index (χ3n) is 4.62. The Morgan fingerprint density at radius 1 is 1.14 bits per heavy atom. The molecule has 1 aromatic carbocycles. The summed E-state index contributed by atoms with van der Waals surface area (Å²) in [7, 11) is 0. The van der Waals surface area contributed by atoms with Crippen molar-refractivity contribution in [3.63, 3.8) is 0 Å². The van der Waals surface area contributed by atoms with Gasteiger partial charge in [-0.05, 0) is 49.8 Å². The molecular weight excluding hydrogens is 258 g/mol. The number of hydrogen-bond donors (Lipinski definition) is 1. The van der Waals surface area contributed by atoms with Crippen molar-refractivity contribution >= 4 is 0 Å². The van der Waals surface area contributed by atoms with E-state index in [1.165, 1.54) is 30.4 Å². The van der Waals surface area contributed by atoms with Crippen molar-refractivity contribution in [2.45, 2.75) is 70.9 Å². The number of rotatable bonds is 9. The monoisotopic (exact) mass is 289 g/mol. The SMILES string of the molecule is CCCC(OCC)C(NCC)c1ccc(C2CCC2)cc1. The molecule has 0 spiro atoms. The van der Waals surface area contributed by atoms with Gasteiger partial charge in [0.05, 0.1) is 12.1 Å². The molecule has 0 bridgehead atoms. The van der Waals surface area contributed by atoms with Gasteiger partial charge in [-0.15, -0.1) is 0 Å². The van der Waals surface area contributed by atoms with E-state index in [2.05, 4.69) is 50.4 Å². The van der Waals surface area contributed by atoms with Gasteiger partial charge in [-0.3, -0.25) is 0 Å². The standard InChI is InChI=1S/C19H31NO/c1-4-8-18(21-6-3)19(20-5-2)17-13-11-16(12-14-17)15-9-7-10-15/h11-15,18-20H,4-10H2,1-3H3. The largest absolute Gasteiger partial charge is 0.377 e. The molecule has 2 rings (SSSR count). The molecule has 2 unspecified atom stereocenters. The van der Waals surface area contributed by atoms with Gasteiger partial charge in [-0.2, -0.15) is 0 Å². The summed E-state index contributed by atoms with van der Waals surface area (Å²) in [4.78, 5) is 0. The minimum absolute atomic E-state index is 0.273. The van der Waals surface area contributed by atoms with Crippen molar-refractivity contribution in [2.24, 2.45) is 0 Å². The summed E-state index contributed by atoms with van der Waals surface area (Å²) in [5, 5.41) is 3.62. The number of likely N-dealkylation sites (N-methyl/N-ethyl adjacent to an activating group) is 1. The van der Waals surface area contributed by atoms with Crippen LogP contribution >= 0.6 is 0 Å². The van der Waals surface area contributed by atoms with Crippen LogP contribution in [0, 0.1) is 0 Å². The molecule has 21 heavy (non-hydrogen) atoms. The molecule has 1 saturated carbocycles. The van der Waals surface area contributed by atoms with E-state index >= 15 is 0 Å². The first-order chi connectivity index (χ1) is 10.3. The molecule has 0 aromatic heterocycles. The summed E-state index contributed by atoms with van der Waals surface area (Å²) in [6, 6.07) is 9.59. The maximum atomic E-state index is 6.00. The van der Waals surface area contributed by atoms with Crippen LogP contribution in [0.3, 0.4) is 0 Å². The molecule has 0 heterocycles. The Labute approximate surface area is 130 Å². The summed E-state index contributed by atoms with van der Waals surface area (Å²) in [5.74, 6) is 0.815. The Morgan fingerprint density at radius 2 is 1.86 bits per heavy atom. The summed E-state index contributed by atoms with van der Waals surface area (Å²) >= 11 is 0. The van der Waals surface area contributed by atoms with Crippen molar-refractivity contribution in [3.05, 3.63) is 35.4 Å². The number of hydrogen-bond acceptors (Lipinski definition) is 2. The molecule has 118 valence electrons. The predicted octanol–water partition coefficient (Wildman–Crippen LogP) is 4.81. The van der Waals surface area contributed by atoms with Crippen LogP contribution < -0.4 is 5.32 Å². The summed E-state index contributed by atoms with van der Waals surface area (Å²) < 4.78 is 6.00. The van der Waals surface area contributed by atoms with E-state index in [0.29, 0.717) is 6.04 Å². The summed E-state index contributed by atoms with van der Waals surface area (Å²) in [5.41, 5.74) is 2.88. The normalized spacial score (nSPS) is 18.2. The molecule has 1 N–H and O–H groups in total. The zero-order valence-corrected chi connectivity index (χ0v) is 13.9. The van der Waals surface area contributed by atoms with E-state index in [-0.39, 0.29) is 6.10 Å². The molecule has 1 fully saturated rings. The van der Waals surface area contributed by atoms with Gasteiger partial charge in [0.15, 0.2) is 0 Å². The van der Waals surface area contributed by atoms with Crippen LogP contribution in [-0.4, -0.2) is 19.3 Å². The fourth-order valence-electron chi connectivity index (χ4n) is 3.25. The Kier molecular flexibility index (Phi) is 6.72. The highest BCUT2D eigenvalue weighted by Gasteiger charge is 2.23. The average Bonchev–Trinajstić information content (AvgIpc) is 2.44. The van der Waals surface area contributed by atoms with E-state index in [0.717, 1.165) is 31.9 Å². The van der Waals surface area contributed by atoms with Crippen LogP contribution in [0.15, 0.2) is 24.3 Å². The van der Waals surface area contributed by atoms with Crippen molar-refractivity contribution in [2.75, 3.05) is 13.2 Å². The van der Waals surface area contributed by atoms with E-state index in [1.54, 1.807) is 0 Å². The molecule has 1 aromatic rings. The van der Waals surface area contributed by atoms with E-state index in [4.69, 9.17) is 4.74 Å². The van der Waals surface area contributed by atoms with Gasteiger partial charge in [-0.25, -0.2) is 0 Å². The van der Waals surface area contributed by atoms with Crippen LogP contribution in [0.5, 0.6) is 0 Å². The van der Waals surface area contributed by atoms with Crippen LogP contribution in [0.25, 0.3) is 0 Å². The Morgan fingerprint density at radius 3 is 2.33 bits per heavy atom. The average molecular weight is 289 g/mol. The maximum Gasteiger partial charge on any atom is 0.0769 e. The first-order valence-electron chi connectivity index (χ1n) is 8.74. The van der Waals surface area contributed by atoms with E-state index in [1.807, 2.05) is 0 Å². The molecule has 0 aliphatic heterocycles. The topological polar surface area (TPSA) is 21.3 Å². The molecule has 1 aliphatic carbocycles. The Bertz CT molecular complexity index is 391. The van der Waals surface area contributed by atoms with Crippen LogP contribution in [-0.2, 0) is 4.74 Å². The van der Waals surface area contributed by atoms with Crippen LogP contribution in [0.4, 0.5) is 0 Å². The minimum atomic E-state index is 0.273. The molecule has 0 saturated heterocycles. The molecule has 2 nitrogen and oxygen atoms in total. The molecule has 0 radical (unpaired) electrons. The van der Waals surface area contributed by atoms with Gasteiger partial charge in [0.25, 0.3) is 0 Å². The van der Waals surface area contributed by atoms with Crippen molar-refractivity contribution in [1.29, 1.82) is 0 Å². The first-order valence-corrected chi connectivity index (χ1v) is 8.74. The Hall–Kier alpha value is -0.860. The van der Waals surface area contributed by atoms with Gasteiger partial charge >= 0.3 is 0 Å². The third kappa shape index (κ3) is 4.31. The Balaban J connectivity index is 2.11. The number of nitrogens with one attached hydrogen (secondary N) is 1. The zero-order chi connectivity index (χ0) is 15.1. The van der Waals surface area contributed by atoms with Gasteiger partial charge in [0, 0.05) is 6.61 Å². The first kappa shape index (κ1) is 16.5. The molecule has 0 amide bonds. The van der Waals surface area contributed by atoms with Gasteiger partial charge in [0.1, 0.15) is 0 Å². The van der Waals surface area contributed by atoms with Crippen LogP contribution in [0.1, 0.15) is 76.0 Å². The van der Waals surface area contributed by atoms with E-state index in [9.17, 15) is 0 Å². The molecule has 1 aliphatic rings. The third-order valence-corrected chi connectivity index (χ3v) is 4.62. The van der Waals surface area contributed by atoms with Crippen molar-refractivity contribution < 1.29 is 4.74 Å². The lowest BCUT2D eigenvalue weighted by Gasteiger charge is -2.29. The maximum absolute atomic E-state index is 6.00. The lowest BCUT2D eigenvalue weighted by molar-refractivity contribution is 0.0280. The molecule has 2 atom stereocenters. The smallest absolute Gasteiger partial charge is 0.0769 e. The highest BCUT2D eigenvalue weighted by atomic mass is 16.5. The lowest BCUT2D eigenvalue weighted by Crippen LogP contribution is -2.34. The summed E-state index contributed by atoms with van der Waals surface area (Å²) in [6.07, 6.45) is 6.67. The number of benzene rings is 1. The fraction of sp³-hybridized carbons (Fsp3) is 0.684. The minimum Gasteiger partial charge on any atom is -0.377 e. The highest BCUT2D eigenvalue weighted by molar-refractivity contribution is 5.29. The second kappa shape index (κ2) is 8.55. The van der Waals surface area contributed by atoms with Crippen LogP contribution in [0.2, 0.25) is 0 Å². The second-order valence-electron chi connectivity index (χ2n) is 6.11. The highest BCUT2D eigenvalue weighted by Crippen LogP contribution is 2.36. The fourth-order valence-corrected chi connectivity index (χ4v) is 3.25.